The number of carbonyl (C=O) groups is 1. The van der Waals surface area contributed by atoms with Crippen molar-refractivity contribution in [1.29, 1.82) is 0 Å². The average molecular weight is 340 g/mol. The summed E-state index contributed by atoms with van der Waals surface area (Å²) in [6, 6.07) is 12.1. The van der Waals surface area contributed by atoms with Crippen LogP contribution in [0.1, 0.15) is 18.2 Å². The van der Waals surface area contributed by atoms with Crippen LogP contribution in [0.15, 0.2) is 42.6 Å². The number of aromatic nitrogens is 3. The van der Waals surface area contributed by atoms with Gasteiger partial charge in [-0.3, -0.25) is 9.48 Å². The monoisotopic (exact) mass is 340 g/mol. The van der Waals surface area contributed by atoms with E-state index in [0.717, 1.165) is 22.5 Å². The molecule has 0 saturated heterocycles. The third-order valence-electron chi connectivity index (χ3n) is 3.84. The molecule has 0 fully saturated rings. The Labute approximate surface area is 145 Å². The minimum Gasteiger partial charge on any atom is -0.324 e. The van der Waals surface area contributed by atoms with Crippen LogP contribution in [0.3, 0.4) is 0 Å². The summed E-state index contributed by atoms with van der Waals surface area (Å²) in [5.74, 6) is 0.799. The largest absolute Gasteiger partial charge is 0.324 e. The van der Waals surface area contributed by atoms with Crippen molar-refractivity contribution in [2.24, 2.45) is 7.05 Å². The van der Waals surface area contributed by atoms with Crippen LogP contribution >= 0.6 is 11.8 Å². The van der Waals surface area contributed by atoms with E-state index in [4.69, 9.17) is 0 Å². The molecular formula is C18H20N4OS. The van der Waals surface area contributed by atoms with E-state index < -0.39 is 0 Å². The van der Waals surface area contributed by atoms with Gasteiger partial charge in [0.05, 0.1) is 22.8 Å². The van der Waals surface area contributed by atoms with E-state index in [9.17, 15) is 4.79 Å². The molecule has 1 atom stereocenters. The maximum absolute atomic E-state index is 12.4. The Morgan fingerprint density at radius 1 is 1.33 bits per heavy atom. The van der Waals surface area contributed by atoms with E-state index in [-0.39, 0.29) is 11.2 Å². The molecule has 1 amide bonds. The molecule has 0 saturated carbocycles. The zero-order valence-electron chi connectivity index (χ0n) is 14.0. The van der Waals surface area contributed by atoms with Crippen LogP contribution in [0.2, 0.25) is 0 Å². The number of fused-ring (bicyclic) bond motifs is 1. The van der Waals surface area contributed by atoms with Gasteiger partial charge in [-0.05, 0) is 25.5 Å². The van der Waals surface area contributed by atoms with Crippen molar-refractivity contribution in [2.75, 3.05) is 5.32 Å². The molecule has 0 radical (unpaired) electrons. The first-order valence-electron chi connectivity index (χ1n) is 7.80. The maximum atomic E-state index is 12.4. The van der Waals surface area contributed by atoms with Gasteiger partial charge in [-0.25, -0.2) is 4.98 Å². The lowest BCUT2D eigenvalue weighted by atomic mass is 10.2. The molecule has 3 rings (SSSR count). The van der Waals surface area contributed by atoms with Gasteiger partial charge in [0.25, 0.3) is 0 Å². The number of pyridine rings is 1. The fourth-order valence-electron chi connectivity index (χ4n) is 2.49. The second-order valence-corrected chi connectivity index (χ2v) is 7.06. The normalized spacial score (nSPS) is 12.3. The van der Waals surface area contributed by atoms with Gasteiger partial charge in [0.1, 0.15) is 0 Å². The van der Waals surface area contributed by atoms with E-state index in [1.807, 2.05) is 45.2 Å². The summed E-state index contributed by atoms with van der Waals surface area (Å²) in [4.78, 5) is 16.8. The molecule has 0 aliphatic rings. The number of hydrogen-bond donors (Lipinski definition) is 1. The first-order valence-corrected chi connectivity index (χ1v) is 8.85. The van der Waals surface area contributed by atoms with Crippen LogP contribution in [0.5, 0.6) is 0 Å². The number of amides is 1. The number of nitrogens with one attached hydrogen (secondary N) is 1. The summed E-state index contributed by atoms with van der Waals surface area (Å²) in [5.41, 5.74) is 3.64. The molecule has 24 heavy (non-hydrogen) atoms. The van der Waals surface area contributed by atoms with E-state index in [1.165, 1.54) is 5.56 Å². The van der Waals surface area contributed by atoms with Crippen LogP contribution in [-0.4, -0.2) is 25.9 Å². The summed E-state index contributed by atoms with van der Waals surface area (Å²) in [5, 5.41) is 8.11. The Hall–Kier alpha value is -2.34. The maximum Gasteiger partial charge on any atom is 0.237 e. The molecule has 6 heteroatoms. The summed E-state index contributed by atoms with van der Waals surface area (Å²) in [6.07, 6.45) is 1.68. The number of rotatable bonds is 5. The lowest BCUT2D eigenvalue weighted by molar-refractivity contribution is -0.115. The van der Waals surface area contributed by atoms with Crippen LogP contribution in [0.4, 0.5) is 5.69 Å². The highest BCUT2D eigenvalue weighted by atomic mass is 32.2. The smallest absolute Gasteiger partial charge is 0.237 e. The van der Waals surface area contributed by atoms with Crippen molar-refractivity contribution in [3.05, 3.63) is 53.9 Å². The molecule has 3 aromatic rings. The van der Waals surface area contributed by atoms with E-state index in [0.29, 0.717) is 5.69 Å². The Kier molecular flexibility index (Phi) is 4.85. The highest BCUT2D eigenvalue weighted by Gasteiger charge is 2.15. The summed E-state index contributed by atoms with van der Waals surface area (Å²) >= 11 is 1.62. The van der Waals surface area contributed by atoms with Crippen molar-refractivity contribution in [2.45, 2.75) is 24.9 Å². The third-order valence-corrected chi connectivity index (χ3v) is 5.06. The molecular weight excluding hydrogens is 320 g/mol. The van der Waals surface area contributed by atoms with Crippen molar-refractivity contribution in [1.82, 2.24) is 14.8 Å². The van der Waals surface area contributed by atoms with E-state index in [1.54, 1.807) is 22.6 Å². The Morgan fingerprint density at radius 3 is 2.83 bits per heavy atom. The lowest BCUT2D eigenvalue weighted by Crippen LogP contribution is -2.22. The third kappa shape index (κ3) is 3.59. The molecule has 1 N–H and O–H groups in total. The standard InChI is InChI=1S/C18H20N4OS/c1-12-16-9-15(10-19-17(16)22(3)21-12)20-18(23)13(2)24-11-14-7-5-4-6-8-14/h4-10,13H,11H2,1-3H3,(H,20,23)/t13-/m1/s1. The number of aryl methyl sites for hydroxylation is 2. The number of benzene rings is 1. The van der Waals surface area contributed by atoms with Gasteiger partial charge in [-0.2, -0.15) is 5.10 Å². The first-order chi connectivity index (χ1) is 11.5. The topological polar surface area (TPSA) is 59.8 Å². The van der Waals surface area contributed by atoms with Crippen molar-refractivity contribution >= 4 is 34.4 Å². The van der Waals surface area contributed by atoms with Crippen molar-refractivity contribution in [3.8, 4) is 0 Å². The van der Waals surface area contributed by atoms with Crippen LogP contribution in [0, 0.1) is 6.92 Å². The molecule has 1 aromatic carbocycles. The minimum atomic E-state index is -0.143. The van der Waals surface area contributed by atoms with Gasteiger partial charge in [-0.15, -0.1) is 11.8 Å². The highest BCUT2D eigenvalue weighted by molar-refractivity contribution is 7.99. The molecule has 0 spiro atoms. The molecule has 0 aliphatic heterocycles. The molecule has 2 aromatic heterocycles. The number of thioether (sulfide) groups is 1. The van der Waals surface area contributed by atoms with E-state index >= 15 is 0 Å². The van der Waals surface area contributed by atoms with E-state index in [2.05, 4.69) is 27.5 Å². The Balaban J connectivity index is 1.64. The predicted molar refractivity (Wildman–Crippen MR) is 99.1 cm³/mol. The quantitative estimate of drug-likeness (QED) is 0.772. The Morgan fingerprint density at radius 2 is 2.08 bits per heavy atom. The second-order valence-electron chi connectivity index (χ2n) is 5.73. The predicted octanol–water partition coefficient (Wildman–Crippen LogP) is 3.54. The van der Waals surface area contributed by atoms with Crippen LogP contribution in [-0.2, 0) is 17.6 Å². The molecule has 0 unspecified atom stereocenters. The fourth-order valence-corrected chi connectivity index (χ4v) is 3.34. The van der Waals surface area contributed by atoms with Gasteiger partial charge >= 0.3 is 0 Å². The zero-order valence-corrected chi connectivity index (χ0v) is 14.8. The second kappa shape index (κ2) is 7.05. The molecule has 124 valence electrons. The molecule has 0 bridgehead atoms. The zero-order chi connectivity index (χ0) is 17.1. The van der Waals surface area contributed by atoms with Gasteiger partial charge in [-0.1, -0.05) is 30.3 Å². The fraction of sp³-hybridized carbons (Fsp3) is 0.278. The number of carbonyl (C=O) groups excluding carboxylic acids is 1. The number of anilines is 1. The molecule has 0 aliphatic carbocycles. The van der Waals surface area contributed by atoms with Crippen molar-refractivity contribution < 1.29 is 4.79 Å². The van der Waals surface area contributed by atoms with Gasteiger partial charge in [0, 0.05) is 18.2 Å². The summed E-state index contributed by atoms with van der Waals surface area (Å²) in [7, 11) is 1.86. The number of nitrogens with zero attached hydrogens (tertiary/aromatic N) is 3. The van der Waals surface area contributed by atoms with Crippen LogP contribution < -0.4 is 5.32 Å². The minimum absolute atomic E-state index is 0.0152. The Bertz CT molecular complexity index is 860. The number of hydrogen-bond acceptors (Lipinski definition) is 4. The molecule has 2 heterocycles. The van der Waals surface area contributed by atoms with Crippen LogP contribution in [0.25, 0.3) is 11.0 Å². The highest BCUT2D eigenvalue weighted by Crippen LogP contribution is 2.22. The summed E-state index contributed by atoms with van der Waals surface area (Å²) < 4.78 is 1.74. The SMILES string of the molecule is Cc1nn(C)c2ncc(NC(=O)[C@@H](C)SCc3ccccc3)cc12. The summed E-state index contributed by atoms with van der Waals surface area (Å²) in [6.45, 7) is 3.86. The van der Waals surface area contributed by atoms with Gasteiger partial charge in [0.2, 0.25) is 5.91 Å². The average Bonchev–Trinajstić information content (AvgIpc) is 2.87. The van der Waals surface area contributed by atoms with Gasteiger partial charge in [0.15, 0.2) is 5.65 Å². The van der Waals surface area contributed by atoms with Gasteiger partial charge < -0.3 is 5.32 Å². The lowest BCUT2D eigenvalue weighted by Gasteiger charge is -2.12. The molecule has 5 nitrogen and oxygen atoms in total. The first kappa shape index (κ1) is 16.5. The van der Waals surface area contributed by atoms with Crippen molar-refractivity contribution in [3.63, 3.8) is 0 Å².